The van der Waals surface area contributed by atoms with Gasteiger partial charge < -0.3 is 0 Å². The van der Waals surface area contributed by atoms with Crippen molar-refractivity contribution in [2.24, 2.45) is 4.99 Å². The second kappa shape index (κ2) is 5.78. The number of nitrogens with zero attached hydrogens (tertiary/aromatic N) is 1. The van der Waals surface area contributed by atoms with E-state index in [4.69, 9.17) is 0 Å². The Balaban J connectivity index is 0.000000704. The molecule has 1 aliphatic heterocycles. The van der Waals surface area contributed by atoms with Crippen molar-refractivity contribution >= 4 is 16.5 Å². The van der Waals surface area contributed by atoms with E-state index in [2.05, 4.69) is 50.9 Å². The van der Waals surface area contributed by atoms with Gasteiger partial charge in [0.1, 0.15) is 0 Å². The molecule has 1 heterocycles. The molecule has 0 bridgehead atoms. The molecule has 20 heavy (non-hydrogen) atoms. The van der Waals surface area contributed by atoms with Gasteiger partial charge in [-0.2, -0.15) is 0 Å². The van der Waals surface area contributed by atoms with E-state index >= 15 is 0 Å². The summed E-state index contributed by atoms with van der Waals surface area (Å²) in [5.74, 6) is 0. The summed E-state index contributed by atoms with van der Waals surface area (Å²) in [4.78, 5) is 4.61. The molecule has 0 saturated heterocycles. The fourth-order valence-corrected chi connectivity index (χ4v) is 3.05. The van der Waals surface area contributed by atoms with Crippen LogP contribution < -0.4 is 0 Å². The molecule has 0 radical (unpaired) electrons. The fourth-order valence-electron chi connectivity index (χ4n) is 3.05. The first-order chi connectivity index (χ1) is 9.58. The van der Waals surface area contributed by atoms with Gasteiger partial charge in [-0.25, -0.2) is 0 Å². The number of hydrogen-bond acceptors (Lipinski definition) is 1. The predicted molar refractivity (Wildman–Crippen MR) is 90.0 cm³/mol. The van der Waals surface area contributed by atoms with Crippen LogP contribution in [0.5, 0.6) is 0 Å². The monoisotopic (exact) mass is 267 g/mol. The standard InChI is InChI=1S/C17H19N.C2H6/c1-10-5-6-14-12(3)17-9-18-11(2)8-16(17)13(4)15(14)7-10;1-2/h5-7H,8-9H2,1-4H3;1-2H3. The molecule has 3 rings (SSSR count). The third-order valence-electron chi connectivity index (χ3n) is 4.19. The van der Waals surface area contributed by atoms with E-state index in [0.717, 1.165) is 13.0 Å². The Morgan fingerprint density at radius 3 is 2.20 bits per heavy atom. The van der Waals surface area contributed by atoms with Gasteiger partial charge >= 0.3 is 0 Å². The van der Waals surface area contributed by atoms with E-state index in [1.54, 1.807) is 0 Å². The Hall–Kier alpha value is -1.63. The van der Waals surface area contributed by atoms with Crippen LogP contribution in [0.1, 0.15) is 48.6 Å². The molecule has 1 aliphatic rings. The SMILES string of the molecule is CC.CC1=NCc2c(c(C)c3cc(C)ccc3c2C)C1. The van der Waals surface area contributed by atoms with Crippen LogP contribution in [0.25, 0.3) is 10.8 Å². The molecule has 0 aliphatic carbocycles. The van der Waals surface area contributed by atoms with Crippen LogP contribution >= 0.6 is 0 Å². The van der Waals surface area contributed by atoms with Gasteiger partial charge in [0.25, 0.3) is 0 Å². The first kappa shape index (κ1) is 14.8. The van der Waals surface area contributed by atoms with Crippen molar-refractivity contribution in [3.8, 4) is 0 Å². The van der Waals surface area contributed by atoms with Gasteiger partial charge in [-0.15, -0.1) is 0 Å². The Morgan fingerprint density at radius 2 is 1.50 bits per heavy atom. The quantitative estimate of drug-likeness (QED) is 0.613. The summed E-state index contributed by atoms with van der Waals surface area (Å²) in [6, 6.07) is 6.79. The number of hydrogen-bond donors (Lipinski definition) is 0. The van der Waals surface area contributed by atoms with Gasteiger partial charge in [-0.05, 0) is 60.7 Å². The Kier molecular flexibility index (Phi) is 4.27. The smallest absolute Gasteiger partial charge is 0.0644 e. The molecule has 0 fully saturated rings. The zero-order valence-electron chi connectivity index (χ0n) is 13.6. The van der Waals surface area contributed by atoms with E-state index in [9.17, 15) is 0 Å². The molecule has 2 aromatic carbocycles. The van der Waals surface area contributed by atoms with E-state index in [-0.39, 0.29) is 0 Å². The molecule has 0 saturated carbocycles. The van der Waals surface area contributed by atoms with E-state index in [0.29, 0.717) is 0 Å². The lowest BCUT2D eigenvalue weighted by Crippen LogP contribution is -2.12. The largest absolute Gasteiger partial charge is 0.289 e. The van der Waals surface area contributed by atoms with Crippen LogP contribution in [0, 0.1) is 20.8 Å². The van der Waals surface area contributed by atoms with E-state index in [1.807, 2.05) is 13.8 Å². The lowest BCUT2D eigenvalue weighted by molar-refractivity contribution is 0.964. The second-order valence-electron chi connectivity index (χ2n) is 5.48. The summed E-state index contributed by atoms with van der Waals surface area (Å²) in [5.41, 5.74) is 8.43. The molecular formula is C19H25N. The van der Waals surface area contributed by atoms with Crippen LogP contribution in [0.15, 0.2) is 23.2 Å². The van der Waals surface area contributed by atoms with Gasteiger partial charge in [0.15, 0.2) is 0 Å². The van der Waals surface area contributed by atoms with Crippen molar-refractivity contribution in [1.82, 2.24) is 0 Å². The first-order valence-corrected chi connectivity index (χ1v) is 7.59. The second-order valence-corrected chi connectivity index (χ2v) is 5.48. The van der Waals surface area contributed by atoms with Gasteiger partial charge in [0.05, 0.1) is 6.54 Å². The molecule has 0 N–H and O–H groups in total. The van der Waals surface area contributed by atoms with Gasteiger partial charge in [-0.1, -0.05) is 37.6 Å². The Morgan fingerprint density at radius 1 is 0.850 bits per heavy atom. The summed E-state index contributed by atoms with van der Waals surface area (Å²) < 4.78 is 0. The molecule has 0 amide bonds. The molecule has 1 heteroatoms. The zero-order valence-corrected chi connectivity index (χ0v) is 13.6. The van der Waals surface area contributed by atoms with Crippen molar-refractivity contribution in [3.05, 3.63) is 46.0 Å². The minimum atomic E-state index is 0.859. The maximum Gasteiger partial charge on any atom is 0.0644 e. The van der Waals surface area contributed by atoms with Crippen molar-refractivity contribution < 1.29 is 0 Å². The number of aliphatic imine (C=N–C) groups is 1. The van der Waals surface area contributed by atoms with E-state index < -0.39 is 0 Å². The van der Waals surface area contributed by atoms with Crippen LogP contribution in [-0.2, 0) is 13.0 Å². The lowest BCUT2D eigenvalue weighted by Gasteiger charge is -2.22. The topological polar surface area (TPSA) is 12.4 Å². The highest BCUT2D eigenvalue weighted by Crippen LogP contribution is 2.33. The average molecular weight is 267 g/mol. The summed E-state index contributed by atoms with van der Waals surface area (Å²) in [6.45, 7) is 13.7. The van der Waals surface area contributed by atoms with E-state index in [1.165, 1.54) is 44.3 Å². The molecule has 0 unspecified atom stereocenters. The van der Waals surface area contributed by atoms with Gasteiger partial charge in [0.2, 0.25) is 0 Å². The highest BCUT2D eigenvalue weighted by molar-refractivity contribution is 5.94. The van der Waals surface area contributed by atoms with Crippen LogP contribution in [0.3, 0.4) is 0 Å². The zero-order chi connectivity index (χ0) is 14.9. The normalized spacial score (nSPS) is 13.4. The first-order valence-electron chi connectivity index (χ1n) is 7.59. The highest BCUT2D eigenvalue weighted by atomic mass is 14.7. The van der Waals surface area contributed by atoms with Gasteiger partial charge in [-0.3, -0.25) is 4.99 Å². The van der Waals surface area contributed by atoms with Crippen LogP contribution in [0.4, 0.5) is 0 Å². The highest BCUT2D eigenvalue weighted by Gasteiger charge is 2.17. The number of benzene rings is 2. The Labute approximate surface area is 122 Å². The maximum atomic E-state index is 4.61. The minimum Gasteiger partial charge on any atom is -0.289 e. The molecule has 0 aromatic heterocycles. The van der Waals surface area contributed by atoms with Crippen LogP contribution in [-0.4, -0.2) is 5.71 Å². The van der Waals surface area contributed by atoms with Crippen molar-refractivity contribution in [2.75, 3.05) is 0 Å². The van der Waals surface area contributed by atoms with Crippen molar-refractivity contribution in [1.29, 1.82) is 0 Å². The molecule has 2 aromatic rings. The number of fused-ring (bicyclic) bond motifs is 2. The summed E-state index contributed by atoms with van der Waals surface area (Å²) in [6.07, 6.45) is 1.02. The lowest BCUT2D eigenvalue weighted by atomic mass is 9.86. The molecule has 0 atom stereocenters. The summed E-state index contributed by atoms with van der Waals surface area (Å²) in [5, 5.41) is 2.81. The molecule has 0 spiro atoms. The number of aryl methyl sites for hydroxylation is 3. The fraction of sp³-hybridized carbons (Fsp3) is 0.421. The third-order valence-corrected chi connectivity index (χ3v) is 4.19. The number of rotatable bonds is 0. The third kappa shape index (κ3) is 2.37. The molecular weight excluding hydrogens is 242 g/mol. The molecule has 1 nitrogen and oxygen atoms in total. The maximum absolute atomic E-state index is 4.61. The Bertz CT molecular complexity index is 678. The minimum absolute atomic E-state index is 0.859. The van der Waals surface area contributed by atoms with Gasteiger partial charge in [0, 0.05) is 12.1 Å². The van der Waals surface area contributed by atoms with Crippen molar-refractivity contribution in [2.45, 2.75) is 54.5 Å². The predicted octanol–water partition coefficient (Wildman–Crippen LogP) is 5.31. The summed E-state index contributed by atoms with van der Waals surface area (Å²) >= 11 is 0. The van der Waals surface area contributed by atoms with Crippen molar-refractivity contribution in [3.63, 3.8) is 0 Å². The summed E-state index contributed by atoms with van der Waals surface area (Å²) in [7, 11) is 0. The average Bonchev–Trinajstić information content (AvgIpc) is 2.46. The molecule has 106 valence electrons. The van der Waals surface area contributed by atoms with Crippen LogP contribution in [0.2, 0.25) is 0 Å².